The van der Waals surface area contributed by atoms with Gasteiger partial charge in [-0.3, -0.25) is 9.69 Å². The van der Waals surface area contributed by atoms with Gasteiger partial charge in [-0.15, -0.1) is 0 Å². The second kappa shape index (κ2) is 6.73. The molecule has 1 aliphatic heterocycles. The summed E-state index contributed by atoms with van der Waals surface area (Å²) in [6.07, 6.45) is 1.71. The van der Waals surface area contributed by atoms with Gasteiger partial charge in [-0.05, 0) is 30.7 Å². The van der Waals surface area contributed by atoms with E-state index in [1.807, 2.05) is 6.92 Å². The van der Waals surface area contributed by atoms with E-state index < -0.39 is 12.6 Å². The molecule has 0 radical (unpaired) electrons. The average molecular weight is 322 g/mol. The lowest BCUT2D eigenvalue weighted by atomic mass is 10.2. The molecule has 0 aromatic heterocycles. The number of rotatable bonds is 5. The van der Waals surface area contributed by atoms with Crippen LogP contribution in [0.2, 0.25) is 0 Å². The van der Waals surface area contributed by atoms with E-state index in [4.69, 9.17) is 17.0 Å². The van der Waals surface area contributed by atoms with Crippen LogP contribution in [0.5, 0.6) is 5.75 Å². The molecule has 0 spiro atoms. The van der Waals surface area contributed by atoms with Crippen molar-refractivity contribution in [2.75, 3.05) is 13.2 Å². The molecule has 1 fully saturated rings. The Morgan fingerprint density at radius 3 is 2.90 bits per heavy atom. The van der Waals surface area contributed by atoms with Gasteiger partial charge in [0.25, 0.3) is 5.91 Å². The fraction of sp³-hybridized carbons (Fsp3) is 0.214. The SMILES string of the molecule is CCN1C(=O)/C(=C\c2cccc(OCC(=O)[O-])c2)SC1=S. The molecule has 2 rings (SSSR count). The van der Waals surface area contributed by atoms with Crippen LogP contribution in [0.1, 0.15) is 12.5 Å². The van der Waals surface area contributed by atoms with E-state index in [0.717, 1.165) is 5.56 Å². The van der Waals surface area contributed by atoms with Crippen molar-refractivity contribution in [3.8, 4) is 5.75 Å². The number of benzene rings is 1. The fourth-order valence-electron chi connectivity index (χ4n) is 1.76. The molecule has 0 bridgehead atoms. The lowest BCUT2D eigenvalue weighted by molar-refractivity contribution is -0.307. The van der Waals surface area contributed by atoms with Crippen molar-refractivity contribution in [3.05, 3.63) is 34.7 Å². The Balaban J connectivity index is 2.18. The van der Waals surface area contributed by atoms with E-state index in [2.05, 4.69) is 0 Å². The van der Waals surface area contributed by atoms with Crippen molar-refractivity contribution in [2.24, 2.45) is 0 Å². The number of amides is 1. The molecule has 0 atom stereocenters. The summed E-state index contributed by atoms with van der Waals surface area (Å²) in [5.41, 5.74) is 0.738. The van der Waals surface area contributed by atoms with Crippen molar-refractivity contribution in [3.63, 3.8) is 0 Å². The smallest absolute Gasteiger partial charge is 0.266 e. The van der Waals surface area contributed by atoms with Crippen LogP contribution < -0.4 is 9.84 Å². The maximum absolute atomic E-state index is 12.1. The first-order chi connectivity index (χ1) is 10.0. The molecule has 0 saturated carbocycles. The summed E-state index contributed by atoms with van der Waals surface area (Å²) in [5, 5.41) is 10.4. The number of hydrogen-bond donors (Lipinski definition) is 0. The number of nitrogens with zero attached hydrogens (tertiary/aromatic N) is 1. The predicted octanol–water partition coefficient (Wildman–Crippen LogP) is 1.04. The summed E-state index contributed by atoms with van der Waals surface area (Å²) in [6.45, 7) is 1.89. The van der Waals surface area contributed by atoms with Gasteiger partial charge in [0.15, 0.2) is 0 Å². The summed E-state index contributed by atoms with van der Waals surface area (Å²) in [4.78, 5) is 24.5. The zero-order valence-electron chi connectivity index (χ0n) is 11.2. The van der Waals surface area contributed by atoms with E-state index in [0.29, 0.717) is 21.5 Å². The van der Waals surface area contributed by atoms with Crippen LogP contribution in [0.25, 0.3) is 6.08 Å². The first kappa shape index (κ1) is 15.5. The second-order valence-corrected chi connectivity index (χ2v) is 5.83. The number of carboxylic acid groups (broad SMARTS) is 1. The number of thioether (sulfide) groups is 1. The third-order valence-corrected chi connectivity index (χ3v) is 4.08. The molecule has 1 aromatic carbocycles. The van der Waals surface area contributed by atoms with E-state index in [1.54, 1.807) is 30.3 Å². The predicted molar refractivity (Wildman–Crippen MR) is 82.5 cm³/mol. The molecule has 7 heteroatoms. The van der Waals surface area contributed by atoms with Crippen molar-refractivity contribution < 1.29 is 19.4 Å². The lowest BCUT2D eigenvalue weighted by Gasteiger charge is -2.09. The van der Waals surface area contributed by atoms with Crippen LogP contribution in [0, 0.1) is 0 Å². The molecule has 1 saturated heterocycles. The summed E-state index contributed by atoms with van der Waals surface area (Å²) >= 11 is 6.39. The number of carbonyl (C=O) groups excluding carboxylic acids is 2. The standard InChI is InChI=1S/C14H13NO4S2/c1-2-15-13(18)11(21-14(15)20)7-9-4-3-5-10(6-9)19-8-12(16)17/h3-7H,2,8H2,1H3,(H,16,17)/p-1/b11-7+. The second-order valence-electron chi connectivity index (χ2n) is 4.16. The molecule has 5 nitrogen and oxygen atoms in total. The van der Waals surface area contributed by atoms with Crippen molar-refractivity contribution in [1.29, 1.82) is 0 Å². The van der Waals surface area contributed by atoms with Gasteiger partial charge in [-0.25, -0.2) is 0 Å². The zero-order valence-corrected chi connectivity index (χ0v) is 12.8. The zero-order chi connectivity index (χ0) is 15.4. The third kappa shape index (κ3) is 3.83. The number of carboxylic acids is 1. The highest BCUT2D eigenvalue weighted by molar-refractivity contribution is 8.26. The molecule has 1 amide bonds. The van der Waals surface area contributed by atoms with E-state index in [9.17, 15) is 14.7 Å². The van der Waals surface area contributed by atoms with Crippen LogP contribution >= 0.6 is 24.0 Å². The maximum Gasteiger partial charge on any atom is 0.266 e. The first-order valence-electron chi connectivity index (χ1n) is 6.19. The van der Waals surface area contributed by atoms with E-state index in [-0.39, 0.29) is 5.91 Å². The normalized spacial score (nSPS) is 16.6. The number of hydrogen-bond acceptors (Lipinski definition) is 6. The summed E-state index contributed by atoms with van der Waals surface area (Å²) in [6, 6.07) is 6.81. The van der Waals surface area contributed by atoms with Crippen LogP contribution in [0.4, 0.5) is 0 Å². The van der Waals surface area contributed by atoms with Gasteiger partial charge in [0, 0.05) is 6.54 Å². The van der Waals surface area contributed by atoms with Crippen molar-refractivity contribution in [2.45, 2.75) is 6.92 Å². The largest absolute Gasteiger partial charge is 0.546 e. The van der Waals surface area contributed by atoms with Crippen LogP contribution in [-0.2, 0) is 9.59 Å². The number of aliphatic carboxylic acids is 1. The molecule has 1 aromatic rings. The quantitative estimate of drug-likeness (QED) is 0.596. The monoisotopic (exact) mass is 322 g/mol. The van der Waals surface area contributed by atoms with Gasteiger partial charge in [0.05, 0.1) is 10.9 Å². The molecule has 21 heavy (non-hydrogen) atoms. The van der Waals surface area contributed by atoms with Gasteiger partial charge in [0.2, 0.25) is 0 Å². The Bertz CT molecular complexity index is 627. The summed E-state index contributed by atoms with van der Waals surface area (Å²) < 4.78 is 5.58. The fourth-order valence-corrected chi connectivity index (χ4v) is 3.14. The van der Waals surface area contributed by atoms with Crippen LogP contribution in [0.15, 0.2) is 29.2 Å². The maximum atomic E-state index is 12.1. The van der Waals surface area contributed by atoms with Crippen LogP contribution in [0.3, 0.4) is 0 Å². The van der Waals surface area contributed by atoms with E-state index in [1.165, 1.54) is 16.7 Å². The highest BCUT2D eigenvalue weighted by atomic mass is 32.2. The minimum Gasteiger partial charge on any atom is -0.546 e. The molecule has 110 valence electrons. The molecule has 1 aliphatic rings. The Labute approximate surface area is 131 Å². The summed E-state index contributed by atoms with van der Waals surface area (Å²) in [7, 11) is 0. The molecule has 0 aliphatic carbocycles. The number of carbonyl (C=O) groups is 2. The highest BCUT2D eigenvalue weighted by Gasteiger charge is 2.30. The molecular weight excluding hydrogens is 310 g/mol. The van der Waals surface area contributed by atoms with Gasteiger partial charge in [-0.2, -0.15) is 0 Å². The van der Waals surface area contributed by atoms with Crippen LogP contribution in [-0.4, -0.2) is 34.2 Å². The Kier molecular flexibility index (Phi) is 4.98. The Hall–Kier alpha value is -1.86. The van der Waals surface area contributed by atoms with Crippen molar-refractivity contribution in [1.82, 2.24) is 4.90 Å². The molecule has 0 N–H and O–H groups in total. The van der Waals surface area contributed by atoms with Gasteiger partial charge in [-0.1, -0.05) is 36.1 Å². The highest BCUT2D eigenvalue weighted by Crippen LogP contribution is 2.32. The van der Waals surface area contributed by atoms with Crippen molar-refractivity contribution >= 4 is 46.3 Å². The minimum absolute atomic E-state index is 0.117. The Morgan fingerprint density at radius 1 is 1.52 bits per heavy atom. The third-order valence-electron chi connectivity index (χ3n) is 2.70. The van der Waals surface area contributed by atoms with Gasteiger partial charge in [0.1, 0.15) is 16.7 Å². The molecule has 0 unspecified atom stereocenters. The Morgan fingerprint density at radius 2 is 2.29 bits per heavy atom. The molecule has 1 heterocycles. The van der Waals surface area contributed by atoms with Gasteiger partial charge >= 0.3 is 0 Å². The molecular formula is C14H12NO4S2-. The lowest BCUT2D eigenvalue weighted by Crippen LogP contribution is -2.28. The summed E-state index contributed by atoms with van der Waals surface area (Å²) in [5.74, 6) is -1.00. The number of likely N-dealkylation sites (N-methyl/N-ethyl adjacent to an activating group) is 1. The first-order valence-corrected chi connectivity index (χ1v) is 7.42. The minimum atomic E-state index is -1.29. The van der Waals surface area contributed by atoms with E-state index >= 15 is 0 Å². The number of ether oxygens (including phenoxy) is 1. The number of thiocarbonyl (C=S) groups is 1. The topological polar surface area (TPSA) is 69.7 Å². The van der Waals surface area contributed by atoms with Gasteiger partial charge < -0.3 is 14.6 Å². The average Bonchev–Trinajstić information content (AvgIpc) is 2.71.